The zero-order valence-electron chi connectivity index (χ0n) is 12.5. The maximum Gasteiger partial charge on any atom is 0.264 e. The number of halogens is 2. The quantitative estimate of drug-likeness (QED) is 0.463. The van der Waals surface area contributed by atoms with Crippen molar-refractivity contribution in [3.8, 4) is 5.75 Å². The van der Waals surface area contributed by atoms with Crippen LogP contribution in [0.25, 0.3) is 0 Å². The molecule has 2 N–H and O–H groups in total. The SMILES string of the molecule is O=S(=O)(O)CCC/N=C(\c1ccc(Cl)cc1)c1cc(F)ccc1O. The van der Waals surface area contributed by atoms with Crippen molar-refractivity contribution in [2.24, 2.45) is 4.99 Å². The Morgan fingerprint density at radius 3 is 2.46 bits per heavy atom. The van der Waals surface area contributed by atoms with Gasteiger partial charge in [0.15, 0.2) is 0 Å². The summed E-state index contributed by atoms with van der Waals surface area (Å²) < 4.78 is 43.8. The lowest BCUT2D eigenvalue weighted by Crippen LogP contribution is -2.08. The van der Waals surface area contributed by atoms with E-state index in [9.17, 15) is 17.9 Å². The first kappa shape index (κ1) is 18.4. The van der Waals surface area contributed by atoms with Crippen molar-refractivity contribution in [3.63, 3.8) is 0 Å². The summed E-state index contributed by atoms with van der Waals surface area (Å²) in [4.78, 5) is 4.27. The molecule has 0 aliphatic heterocycles. The molecule has 0 aliphatic carbocycles. The zero-order valence-corrected chi connectivity index (χ0v) is 14.1. The topological polar surface area (TPSA) is 87.0 Å². The number of aliphatic imine (C=N–C) groups is 1. The first-order valence-corrected chi connectivity index (χ1v) is 8.99. The van der Waals surface area contributed by atoms with Gasteiger partial charge in [-0.25, -0.2) is 4.39 Å². The summed E-state index contributed by atoms with van der Waals surface area (Å²) in [6.45, 7) is 0.0771. The highest BCUT2D eigenvalue weighted by molar-refractivity contribution is 7.85. The van der Waals surface area contributed by atoms with E-state index >= 15 is 0 Å². The van der Waals surface area contributed by atoms with E-state index in [4.69, 9.17) is 16.2 Å². The molecule has 0 atom stereocenters. The Morgan fingerprint density at radius 1 is 1.17 bits per heavy atom. The van der Waals surface area contributed by atoms with E-state index in [1.165, 1.54) is 6.07 Å². The normalized spacial score (nSPS) is 12.4. The van der Waals surface area contributed by atoms with Gasteiger partial charge in [0.05, 0.1) is 11.5 Å². The fourth-order valence-corrected chi connectivity index (χ4v) is 2.70. The maximum atomic E-state index is 13.5. The van der Waals surface area contributed by atoms with Crippen LogP contribution in [0.15, 0.2) is 47.5 Å². The van der Waals surface area contributed by atoms with Crippen molar-refractivity contribution in [2.45, 2.75) is 6.42 Å². The molecule has 0 aromatic heterocycles. The van der Waals surface area contributed by atoms with Gasteiger partial charge < -0.3 is 5.11 Å². The molecule has 128 valence electrons. The van der Waals surface area contributed by atoms with Gasteiger partial charge in [-0.15, -0.1) is 0 Å². The first-order chi connectivity index (χ1) is 11.3. The molecule has 0 unspecified atom stereocenters. The fourth-order valence-electron chi connectivity index (χ4n) is 2.08. The average molecular weight is 372 g/mol. The minimum Gasteiger partial charge on any atom is -0.507 e. The second-order valence-electron chi connectivity index (χ2n) is 5.04. The van der Waals surface area contributed by atoms with Crippen LogP contribution < -0.4 is 0 Å². The van der Waals surface area contributed by atoms with Gasteiger partial charge in [-0.1, -0.05) is 23.7 Å². The van der Waals surface area contributed by atoms with Crippen LogP contribution in [-0.2, 0) is 10.1 Å². The monoisotopic (exact) mass is 371 g/mol. The summed E-state index contributed by atoms with van der Waals surface area (Å²) in [6.07, 6.45) is 0.0893. The van der Waals surface area contributed by atoms with Gasteiger partial charge in [0.2, 0.25) is 0 Å². The molecule has 0 saturated carbocycles. The third-order valence-electron chi connectivity index (χ3n) is 3.16. The van der Waals surface area contributed by atoms with Crippen molar-refractivity contribution in [3.05, 3.63) is 64.4 Å². The first-order valence-electron chi connectivity index (χ1n) is 7.01. The van der Waals surface area contributed by atoms with E-state index < -0.39 is 21.7 Å². The Morgan fingerprint density at radius 2 is 1.83 bits per heavy atom. The van der Waals surface area contributed by atoms with E-state index in [0.29, 0.717) is 16.3 Å². The van der Waals surface area contributed by atoms with Gasteiger partial charge in [0.25, 0.3) is 10.1 Å². The van der Waals surface area contributed by atoms with E-state index in [2.05, 4.69) is 4.99 Å². The number of benzene rings is 2. The van der Waals surface area contributed by atoms with Crippen molar-refractivity contribution in [2.75, 3.05) is 12.3 Å². The summed E-state index contributed by atoms with van der Waals surface area (Å²) in [5.74, 6) is -1.12. The van der Waals surface area contributed by atoms with E-state index in [0.717, 1.165) is 12.1 Å². The Hall–Kier alpha value is -1.96. The highest BCUT2D eigenvalue weighted by Gasteiger charge is 2.13. The van der Waals surface area contributed by atoms with Crippen LogP contribution in [0.1, 0.15) is 17.5 Å². The molecular formula is C16H15ClFNO4S. The average Bonchev–Trinajstić information content (AvgIpc) is 2.50. The lowest BCUT2D eigenvalue weighted by Gasteiger charge is -2.10. The van der Waals surface area contributed by atoms with Gasteiger partial charge in [-0.3, -0.25) is 9.55 Å². The number of phenols is 1. The fraction of sp³-hybridized carbons (Fsp3) is 0.188. The van der Waals surface area contributed by atoms with Crippen molar-refractivity contribution in [1.82, 2.24) is 0 Å². The zero-order chi connectivity index (χ0) is 17.7. The molecule has 0 bridgehead atoms. The number of phenolic OH excluding ortho intramolecular Hbond substituents is 1. The largest absolute Gasteiger partial charge is 0.507 e. The van der Waals surface area contributed by atoms with E-state index in [-0.39, 0.29) is 24.3 Å². The highest BCUT2D eigenvalue weighted by atomic mass is 35.5. The van der Waals surface area contributed by atoms with E-state index in [1.807, 2.05) is 0 Å². The molecule has 24 heavy (non-hydrogen) atoms. The summed E-state index contributed by atoms with van der Waals surface area (Å²) in [5, 5.41) is 10.5. The Bertz CT molecular complexity index is 851. The van der Waals surface area contributed by atoms with Crippen molar-refractivity contribution < 1.29 is 22.5 Å². The molecule has 5 nitrogen and oxygen atoms in total. The van der Waals surface area contributed by atoms with Crippen LogP contribution in [0, 0.1) is 5.82 Å². The molecule has 2 aromatic carbocycles. The molecule has 0 heterocycles. The third-order valence-corrected chi connectivity index (χ3v) is 4.22. The Kier molecular flexibility index (Phi) is 5.93. The van der Waals surface area contributed by atoms with E-state index in [1.54, 1.807) is 24.3 Å². The van der Waals surface area contributed by atoms with Gasteiger partial charge in [0, 0.05) is 22.7 Å². The lowest BCUT2D eigenvalue weighted by atomic mass is 10.0. The molecular weight excluding hydrogens is 357 g/mol. The lowest BCUT2D eigenvalue weighted by molar-refractivity contribution is 0.471. The van der Waals surface area contributed by atoms with Crippen molar-refractivity contribution in [1.29, 1.82) is 0 Å². The van der Waals surface area contributed by atoms with Crippen LogP contribution in [0.4, 0.5) is 4.39 Å². The molecule has 0 aliphatic rings. The van der Waals surface area contributed by atoms with Gasteiger partial charge >= 0.3 is 0 Å². The Labute approximate surface area is 144 Å². The molecule has 0 fully saturated rings. The smallest absolute Gasteiger partial charge is 0.264 e. The molecule has 0 saturated heterocycles. The van der Waals surface area contributed by atoms with Gasteiger partial charge in [-0.05, 0) is 36.8 Å². The Balaban J connectivity index is 2.37. The van der Waals surface area contributed by atoms with Gasteiger partial charge in [-0.2, -0.15) is 8.42 Å². The molecule has 0 radical (unpaired) electrons. The van der Waals surface area contributed by atoms with Crippen LogP contribution in [0.3, 0.4) is 0 Å². The van der Waals surface area contributed by atoms with Crippen LogP contribution in [-0.4, -0.2) is 36.1 Å². The summed E-state index contributed by atoms with van der Waals surface area (Å²) >= 11 is 5.85. The maximum absolute atomic E-state index is 13.5. The minimum atomic E-state index is -4.07. The summed E-state index contributed by atoms with van der Waals surface area (Å²) in [7, 11) is -4.07. The second kappa shape index (κ2) is 7.74. The number of rotatable bonds is 6. The van der Waals surface area contributed by atoms with Gasteiger partial charge in [0.1, 0.15) is 11.6 Å². The molecule has 0 spiro atoms. The van der Waals surface area contributed by atoms with Crippen molar-refractivity contribution >= 4 is 27.4 Å². The summed E-state index contributed by atoms with van der Waals surface area (Å²) in [6, 6.07) is 10.1. The highest BCUT2D eigenvalue weighted by Crippen LogP contribution is 2.23. The molecule has 2 rings (SSSR count). The van der Waals surface area contributed by atoms with Crippen LogP contribution in [0.5, 0.6) is 5.75 Å². The predicted octanol–water partition coefficient (Wildman–Crippen LogP) is 3.30. The number of nitrogens with zero attached hydrogens (tertiary/aromatic N) is 1. The minimum absolute atomic E-state index is 0.0771. The molecule has 8 heteroatoms. The molecule has 2 aromatic rings. The molecule has 0 amide bonds. The third kappa shape index (κ3) is 5.30. The van der Waals surface area contributed by atoms with Crippen LogP contribution >= 0.6 is 11.6 Å². The predicted molar refractivity (Wildman–Crippen MR) is 91.1 cm³/mol. The second-order valence-corrected chi connectivity index (χ2v) is 7.05. The number of aromatic hydroxyl groups is 1. The standard InChI is InChI=1S/C16H15ClFNO4S/c17-12-4-2-11(3-5-12)16(19-8-1-9-24(21,22)23)14-10-13(18)6-7-15(14)20/h2-7,10,20H,1,8-9H2,(H,21,22,23)/b19-16+. The number of hydrogen-bond donors (Lipinski definition) is 2. The number of hydrogen-bond acceptors (Lipinski definition) is 4. The summed E-state index contributed by atoms with van der Waals surface area (Å²) in [5.41, 5.74) is 1.08. The van der Waals surface area contributed by atoms with Crippen LogP contribution in [0.2, 0.25) is 5.02 Å².